The maximum absolute atomic E-state index is 11.1. The van der Waals surface area contributed by atoms with Gasteiger partial charge in [0.05, 0.1) is 12.2 Å². The third-order valence-electron chi connectivity index (χ3n) is 1.47. The van der Waals surface area contributed by atoms with Gasteiger partial charge in [0, 0.05) is 13.0 Å². The van der Waals surface area contributed by atoms with Crippen molar-refractivity contribution in [1.82, 2.24) is 0 Å². The zero-order valence-electron chi connectivity index (χ0n) is 9.32. The summed E-state index contributed by atoms with van der Waals surface area (Å²) in [5, 5.41) is 9.32. The van der Waals surface area contributed by atoms with Gasteiger partial charge in [0.1, 0.15) is 0 Å². The van der Waals surface area contributed by atoms with Crippen LogP contribution in [0.1, 0.15) is 34.1 Å². The highest BCUT2D eigenvalue weighted by molar-refractivity contribution is 5.74. The molecule has 0 rings (SSSR count). The Bertz CT molecular complexity index is 166. The summed E-state index contributed by atoms with van der Waals surface area (Å²) < 4.78 is 10.0. The molecule has 0 aliphatic rings. The van der Waals surface area contributed by atoms with Gasteiger partial charge in [0.2, 0.25) is 0 Å². The van der Waals surface area contributed by atoms with Crippen molar-refractivity contribution in [2.75, 3.05) is 6.61 Å². The molecule has 0 saturated carbocycles. The van der Waals surface area contributed by atoms with Crippen molar-refractivity contribution in [3.8, 4) is 0 Å². The fourth-order valence-electron chi connectivity index (χ4n) is 0.844. The predicted molar refractivity (Wildman–Crippen MR) is 52.9 cm³/mol. The zero-order valence-corrected chi connectivity index (χ0v) is 9.32. The van der Waals surface area contributed by atoms with Gasteiger partial charge in [-0.1, -0.05) is 0 Å². The van der Waals surface area contributed by atoms with E-state index in [9.17, 15) is 9.90 Å². The minimum atomic E-state index is -1.07. The van der Waals surface area contributed by atoms with Crippen LogP contribution in [0, 0.1) is 0 Å². The molecule has 84 valence electrons. The molecule has 0 bridgehead atoms. The highest BCUT2D eigenvalue weighted by Crippen LogP contribution is 2.00. The Morgan fingerprint density at radius 3 is 2.21 bits per heavy atom. The van der Waals surface area contributed by atoms with Crippen LogP contribution >= 0.6 is 0 Å². The number of carbonyl (C=O) groups excluding carboxylic acids is 1. The number of esters is 1. The lowest BCUT2D eigenvalue weighted by Crippen LogP contribution is -2.27. The number of aliphatic hydroxyl groups is 1. The molecule has 4 heteroatoms. The van der Waals surface area contributed by atoms with Crippen molar-refractivity contribution in [3.05, 3.63) is 0 Å². The number of carbonyl (C=O) groups is 1. The van der Waals surface area contributed by atoms with Gasteiger partial charge in [-0.05, 0) is 27.7 Å². The highest BCUT2D eigenvalue weighted by Gasteiger charge is 2.17. The second kappa shape index (κ2) is 6.79. The maximum Gasteiger partial charge on any atom is 0.335 e. The third-order valence-corrected chi connectivity index (χ3v) is 1.47. The molecular formula is C10H20O4. The summed E-state index contributed by atoms with van der Waals surface area (Å²) in [6.07, 6.45) is -0.869. The lowest BCUT2D eigenvalue weighted by molar-refractivity contribution is -0.158. The van der Waals surface area contributed by atoms with E-state index in [2.05, 4.69) is 0 Å². The average molecular weight is 204 g/mol. The van der Waals surface area contributed by atoms with Crippen molar-refractivity contribution in [2.24, 2.45) is 0 Å². The van der Waals surface area contributed by atoms with Crippen LogP contribution in [-0.4, -0.2) is 36.0 Å². The summed E-state index contributed by atoms with van der Waals surface area (Å²) in [5.74, 6) is -0.577. The van der Waals surface area contributed by atoms with Crippen LogP contribution in [0.2, 0.25) is 0 Å². The second-order valence-electron chi connectivity index (χ2n) is 3.71. The smallest absolute Gasteiger partial charge is 0.335 e. The van der Waals surface area contributed by atoms with E-state index in [1.807, 2.05) is 13.8 Å². The Hall–Kier alpha value is -0.610. The van der Waals surface area contributed by atoms with Crippen molar-refractivity contribution in [3.63, 3.8) is 0 Å². The summed E-state index contributed by atoms with van der Waals surface area (Å²) in [4.78, 5) is 11.1. The van der Waals surface area contributed by atoms with Crippen molar-refractivity contribution < 1.29 is 19.4 Å². The van der Waals surface area contributed by atoms with Crippen LogP contribution in [-0.2, 0) is 14.3 Å². The summed E-state index contributed by atoms with van der Waals surface area (Å²) in [7, 11) is 0. The van der Waals surface area contributed by atoms with Gasteiger partial charge < -0.3 is 14.6 Å². The fraction of sp³-hybridized carbons (Fsp3) is 0.900. The van der Waals surface area contributed by atoms with Crippen LogP contribution in [0.15, 0.2) is 0 Å². The molecule has 4 nitrogen and oxygen atoms in total. The average Bonchev–Trinajstić information content (AvgIpc) is 2.01. The first-order valence-electron chi connectivity index (χ1n) is 4.93. The number of aliphatic hydroxyl groups excluding tert-OH is 1. The molecule has 1 atom stereocenters. The highest BCUT2D eigenvalue weighted by atomic mass is 16.6. The first-order valence-corrected chi connectivity index (χ1v) is 4.93. The first-order chi connectivity index (χ1) is 6.43. The van der Waals surface area contributed by atoms with Gasteiger partial charge in [-0.15, -0.1) is 0 Å². The summed E-state index contributed by atoms with van der Waals surface area (Å²) in [6.45, 7) is 7.66. The number of hydrogen-bond donors (Lipinski definition) is 1. The molecule has 0 fully saturated rings. The molecule has 0 aromatic heterocycles. The number of ether oxygens (including phenoxy) is 2. The van der Waals surface area contributed by atoms with Crippen molar-refractivity contribution in [1.29, 1.82) is 0 Å². The molecule has 0 radical (unpaired) electrons. The van der Waals surface area contributed by atoms with Gasteiger partial charge in [-0.3, -0.25) is 0 Å². The van der Waals surface area contributed by atoms with Crippen LogP contribution in [0.4, 0.5) is 0 Å². The van der Waals surface area contributed by atoms with E-state index in [0.717, 1.165) is 0 Å². The zero-order chi connectivity index (χ0) is 11.1. The van der Waals surface area contributed by atoms with E-state index in [1.165, 1.54) is 0 Å². The van der Waals surface area contributed by atoms with E-state index in [-0.39, 0.29) is 18.6 Å². The number of hydrogen-bond acceptors (Lipinski definition) is 4. The van der Waals surface area contributed by atoms with E-state index in [0.29, 0.717) is 6.61 Å². The summed E-state index contributed by atoms with van der Waals surface area (Å²) >= 11 is 0. The molecule has 0 amide bonds. The van der Waals surface area contributed by atoms with E-state index >= 15 is 0 Å². The van der Waals surface area contributed by atoms with E-state index in [1.54, 1.807) is 13.8 Å². The van der Waals surface area contributed by atoms with Crippen LogP contribution in [0.3, 0.4) is 0 Å². The molecular weight excluding hydrogens is 184 g/mol. The van der Waals surface area contributed by atoms with Crippen molar-refractivity contribution in [2.45, 2.75) is 52.4 Å². The molecule has 0 aliphatic carbocycles. The molecule has 14 heavy (non-hydrogen) atoms. The van der Waals surface area contributed by atoms with Gasteiger partial charge in [0.15, 0.2) is 6.10 Å². The standard InChI is InChI=1S/C10H20O4/c1-7(2)13-6-5-9(11)10(12)14-8(3)4/h7-9,11H,5-6H2,1-4H3/t9-/m1/s1. The molecule has 0 heterocycles. The Balaban J connectivity index is 3.62. The first kappa shape index (κ1) is 13.4. The largest absolute Gasteiger partial charge is 0.461 e. The van der Waals surface area contributed by atoms with Gasteiger partial charge in [0.25, 0.3) is 0 Å². The fourth-order valence-corrected chi connectivity index (χ4v) is 0.844. The van der Waals surface area contributed by atoms with Gasteiger partial charge in [-0.2, -0.15) is 0 Å². The third kappa shape index (κ3) is 6.86. The van der Waals surface area contributed by atoms with Crippen LogP contribution < -0.4 is 0 Å². The Kier molecular flexibility index (Phi) is 6.49. The minimum Gasteiger partial charge on any atom is -0.461 e. The predicted octanol–water partition coefficient (Wildman–Crippen LogP) is 1.11. The van der Waals surface area contributed by atoms with Crippen LogP contribution in [0.5, 0.6) is 0 Å². The molecule has 1 N–H and O–H groups in total. The molecule has 0 aromatic rings. The molecule has 0 unspecified atom stereocenters. The van der Waals surface area contributed by atoms with Gasteiger partial charge in [-0.25, -0.2) is 4.79 Å². The quantitative estimate of drug-likeness (QED) is 0.658. The lowest BCUT2D eigenvalue weighted by Gasteiger charge is -2.13. The molecule has 0 spiro atoms. The Labute approximate surface area is 85.2 Å². The Morgan fingerprint density at radius 2 is 1.79 bits per heavy atom. The molecule has 0 aromatic carbocycles. The number of rotatable bonds is 6. The lowest BCUT2D eigenvalue weighted by atomic mass is 10.2. The van der Waals surface area contributed by atoms with Crippen molar-refractivity contribution >= 4 is 5.97 Å². The monoisotopic (exact) mass is 204 g/mol. The van der Waals surface area contributed by atoms with E-state index in [4.69, 9.17) is 9.47 Å². The molecule has 0 aliphatic heterocycles. The molecule has 0 saturated heterocycles. The summed E-state index contributed by atoms with van der Waals surface area (Å²) in [6, 6.07) is 0. The van der Waals surface area contributed by atoms with Gasteiger partial charge >= 0.3 is 5.97 Å². The van der Waals surface area contributed by atoms with Crippen LogP contribution in [0.25, 0.3) is 0 Å². The normalized spacial score (nSPS) is 13.4. The second-order valence-corrected chi connectivity index (χ2v) is 3.71. The van der Waals surface area contributed by atoms with E-state index < -0.39 is 12.1 Å². The topological polar surface area (TPSA) is 55.8 Å². The SMILES string of the molecule is CC(C)OCC[C@@H](O)C(=O)OC(C)C. The maximum atomic E-state index is 11.1. The Morgan fingerprint density at radius 1 is 1.21 bits per heavy atom. The summed E-state index contributed by atoms with van der Waals surface area (Å²) in [5.41, 5.74) is 0. The minimum absolute atomic E-state index is 0.114.